The van der Waals surface area contributed by atoms with Crippen LogP contribution in [-0.4, -0.2) is 70.6 Å². The molecule has 0 aliphatic carbocycles. The quantitative estimate of drug-likeness (QED) is 0.555. The smallest absolute Gasteiger partial charge is 0.191 e. The lowest BCUT2D eigenvalue weighted by Gasteiger charge is -2.26. The highest BCUT2D eigenvalue weighted by molar-refractivity contribution is 7.91. The summed E-state index contributed by atoms with van der Waals surface area (Å²) in [6.45, 7) is 5.01. The van der Waals surface area contributed by atoms with Gasteiger partial charge in [-0.2, -0.15) is 0 Å². The molecule has 2 aliphatic heterocycles. The minimum absolute atomic E-state index is 0.218. The molecule has 0 aromatic carbocycles. The van der Waals surface area contributed by atoms with E-state index < -0.39 is 9.84 Å². The number of likely N-dealkylation sites (tertiary alicyclic amines) is 1. The lowest BCUT2D eigenvalue weighted by molar-refractivity contribution is 0.232. The first kappa shape index (κ1) is 16.5. The van der Waals surface area contributed by atoms with Crippen molar-refractivity contribution >= 4 is 15.8 Å². The molecule has 0 spiro atoms. The Labute approximate surface area is 128 Å². The largest absolute Gasteiger partial charge is 0.356 e. The summed E-state index contributed by atoms with van der Waals surface area (Å²) in [7, 11) is -1.04. The van der Waals surface area contributed by atoms with Gasteiger partial charge in [0.15, 0.2) is 15.8 Å². The van der Waals surface area contributed by atoms with Gasteiger partial charge in [-0.25, -0.2) is 8.42 Å². The summed E-state index contributed by atoms with van der Waals surface area (Å²) in [4.78, 5) is 6.67. The van der Waals surface area contributed by atoms with Crippen molar-refractivity contribution in [2.75, 3.05) is 51.3 Å². The average Bonchev–Trinajstić information content (AvgIpc) is 2.83. The average molecular weight is 316 g/mol. The first-order valence-corrected chi connectivity index (χ1v) is 9.78. The molecule has 0 bridgehead atoms. The van der Waals surface area contributed by atoms with Crippen LogP contribution in [0.3, 0.4) is 0 Å². The first-order valence-electron chi connectivity index (χ1n) is 7.96. The van der Waals surface area contributed by atoms with Crippen molar-refractivity contribution in [2.45, 2.75) is 25.7 Å². The van der Waals surface area contributed by atoms with E-state index in [0.717, 1.165) is 25.5 Å². The number of piperidine rings is 1. The molecule has 2 saturated heterocycles. The minimum Gasteiger partial charge on any atom is -0.356 e. The van der Waals surface area contributed by atoms with E-state index in [2.05, 4.69) is 20.5 Å². The number of aliphatic imine (C=N–C) groups is 1. The van der Waals surface area contributed by atoms with Gasteiger partial charge in [0.1, 0.15) is 0 Å². The second-order valence-corrected chi connectivity index (χ2v) is 8.28. The number of rotatable bonds is 5. The fraction of sp³-hybridized carbons (Fsp3) is 0.929. The molecule has 122 valence electrons. The fourth-order valence-electron chi connectivity index (χ4n) is 3.01. The van der Waals surface area contributed by atoms with E-state index in [1.54, 1.807) is 7.05 Å². The Kier molecular flexibility index (Phi) is 6.29. The van der Waals surface area contributed by atoms with Gasteiger partial charge >= 0.3 is 0 Å². The Balaban J connectivity index is 1.62. The van der Waals surface area contributed by atoms with Crippen molar-refractivity contribution < 1.29 is 8.42 Å². The van der Waals surface area contributed by atoms with Gasteiger partial charge in [-0.05, 0) is 38.3 Å². The number of guanidine groups is 1. The Morgan fingerprint density at radius 1 is 1.24 bits per heavy atom. The monoisotopic (exact) mass is 316 g/mol. The van der Waals surface area contributed by atoms with Crippen LogP contribution in [0.4, 0.5) is 0 Å². The number of nitrogens with zero attached hydrogens (tertiary/aromatic N) is 2. The van der Waals surface area contributed by atoms with Gasteiger partial charge in [0.2, 0.25) is 0 Å². The van der Waals surface area contributed by atoms with Gasteiger partial charge in [-0.3, -0.25) is 4.99 Å². The van der Waals surface area contributed by atoms with Crippen molar-refractivity contribution in [2.24, 2.45) is 10.9 Å². The number of hydrogen-bond acceptors (Lipinski definition) is 4. The third-order valence-electron chi connectivity index (χ3n) is 4.28. The first-order chi connectivity index (χ1) is 10.1. The molecule has 2 fully saturated rings. The van der Waals surface area contributed by atoms with Crippen molar-refractivity contribution in [3.63, 3.8) is 0 Å². The van der Waals surface area contributed by atoms with Crippen molar-refractivity contribution in [1.82, 2.24) is 15.5 Å². The predicted octanol–water partition coefficient (Wildman–Crippen LogP) is 0.0720. The Hall–Kier alpha value is -0.820. The second-order valence-electron chi connectivity index (χ2n) is 6.05. The Morgan fingerprint density at radius 3 is 2.62 bits per heavy atom. The van der Waals surface area contributed by atoms with E-state index in [9.17, 15) is 8.42 Å². The van der Waals surface area contributed by atoms with E-state index in [0.29, 0.717) is 18.1 Å². The SMILES string of the molecule is CN=C(NCCN1CCCCC1)NCC1CCS(=O)(=O)C1. The van der Waals surface area contributed by atoms with Crippen LogP contribution in [0.25, 0.3) is 0 Å². The summed E-state index contributed by atoms with van der Waals surface area (Å²) in [5, 5.41) is 6.55. The normalized spacial score (nSPS) is 26.7. The Bertz CT molecular complexity index is 444. The lowest BCUT2D eigenvalue weighted by Crippen LogP contribution is -2.44. The van der Waals surface area contributed by atoms with Crippen LogP contribution in [0.15, 0.2) is 4.99 Å². The topological polar surface area (TPSA) is 73.8 Å². The zero-order valence-corrected chi connectivity index (χ0v) is 13.8. The molecule has 1 atom stereocenters. The van der Waals surface area contributed by atoms with Crippen molar-refractivity contribution in [1.29, 1.82) is 0 Å². The zero-order chi connectivity index (χ0) is 15.1. The molecule has 21 heavy (non-hydrogen) atoms. The third-order valence-corrected chi connectivity index (χ3v) is 6.11. The van der Waals surface area contributed by atoms with Crippen LogP contribution >= 0.6 is 0 Å². The molecule has 0 radical (unpaired) electrons. The van der Waals surface area contributed by atoms with Gasteiger partial charge in [0, 0.05) is 26.7 Å². The summed E-state index contributed by atoms with van der Waals surface area (Å²) >= 11 is 0. The maximum atomic E-state index is 11.4. The summed E-state index contributed by atoms with van der Waals surface area (Å²) in [5.41, 5.74) is 0. The van der Waals surface area contributed by atoms with Crippen LogP contribution in [0.5, 0.6) is 0 Å². The van der Waals surface area contributed by atoms with Crippen LogP contribution in [-0.2, 0) is 9.84 Å². The molecule has 6 nitrogen and oxygen atoms in total. The van der Waals surface area contributed by atoms with Crippen LogP contribution in [0.2, 0.25) is 0 Å². The standard InChI is InChI=1S/C14H28N4O2S/c1-15-14(16-6-9-18-7-3-2-4-8-18)17-11-13-5-10-21(19,20)12-13/h13H,2-12H2,1H3,(H2,15,16,17). The van der Waals surface area contributed by atoms with Gasteiger partial charge < -0.3 is 15.5 Å². The van der Waals surface area contributed by atoms with Crippen LogP contribution in [0, 0.1) is 5.92 Å². The highest BCUT2D eigenvalue weighted by Gasteiger charge is 2.27. The molecule has 0 amide bonds. The van der Waals surface area contributed by atoms with E-state index in [-0.39, 0.29) is 5.92 Å². The molecular formula is C14H28N4O2S. The van der Waals surface area contributed by atoms with Gasteiger partial charge in [-0.15, -0.1) is 0 Å². The molecule has 2 rings (SSSR count). The third kappa shape index (κ3) is 5.82. The molecule has 2 aliphatic rings. The van der Waals surface area contributed by atoms with E-state index in [4.69, 9.17) is 0 Å². The molecule has 0 aromatic rings. The van der Waals surface area contributed by atoms with Gasteiger partial charge in [-0.1, -0.05) is 6.42 Å². The highest BCUT2D eigenvalue weighted by atomic mass is 32.2. The van der Waals surface area contributed by atoms with E-state index >= 15 is 0 Å². The van der Waals surface area contributed by atoms with Crippen LogP contribution in [0.1, 0.15) is 25.7 Å². The minimum atomic E-state index is -2.79. The molecule has 0 saturated carbocycles. The van der Waals surface area contributed by atoms with Crippen molar-refractivity contribution in [3.8, 4) is 0 Å². The van der Waals surface area contributed by atoms with E-state index in [1.807, 2.05) is 0 Å². The Morgan fingerprint density at radius 2 is 2.00 bits per heavy atom. The van der Waals surface area contributed by atoms with Gasteiger partial charge in [0.05, 0.1) is 11.5 Å². The summed E-state index contributed by atoms with van der Waals surface area (Å²) in [6.07, 6.45) is 4.74. The molecular weight excluding hydrogens is 288 g/mol. The number of sulfone groups is 1. The number of nitrogens with one attached hydrogen (secondary N) is 2. The molecule has 7 heteroatoms. The van der Waals surface area contributed by atoms with Gasteiger partial charge in [0.25, 0.3) is 0 Å². The van der Waals surface area contributed by atoms with Crippen molar-refractivity contribution in [3.05, 3.63) is 0 Å². The maximum Gasteiger partial charge on any atom is 0.191 e. The summed E-state index contributed by atoms with van der Waals surface area (Å²) < 4.78 is 22.8. The lowest BCUT2D eigenvalue weighted by atomic mass is 10.1. The zero-order valence-electron chi connectivity index (χ0n) is 13.0. The molecule has 2 N–H and O–H groups in total. The fourth-order valence-corrected chi connectivity index (χ4v) is 4.87. The maximum absolute atomic E-state index is 11.4. The van der Waals surface area contributed by atoms with E-state index in [1.165, 1.54) is 32.4 Å². The molecule has 0 aromatic heterocycles. The molecule has 1 unspecified atom stereocenters. The van der Waals surface area contributed by atoms with Crippen LogP contribution < -0.4 is 10.6 Å². The second kappa shape index (κ2) is 7.98. The summed E-state index contributed by atoms with van der Waals surface area (Å²) in [5.74, 6) is 1.64. The highest BCUT2D eigenvalue weighted by Crippen LogP contribution is 2.17. The molecule has 2 heterocycles. The summed E-state index contributed by atoms with van der Waals surface area (Å²) in [6, 6.07) is 0. The number of hydrogen-bond donors (Lipinski definition) is 2. The predicted molar refractivity (Wildman–Crippen MR) is 86.4 cm³/mol.